The average Bonchev–Trinajstić information content (AvgIpc) is 1.27. The molecule has 0 fully saturated rings. The Bertz CT molecular complexity index is 37.3. The lowest BCUT2D eigenvalue weighted by Gasteiger charge is -2.01. The second-order valence-electron chi connectivity index (χ2n) is 1.87. The molecule has 0 bridgehead atoms. The van der Waals surface area contributed by atoms with Crippen molar-refractivity contribution in [3.05, 3.63) is 0 Å². The van der Waals surface area contributed by atoms with Gasteiger partial charge in [-0.1, -0.05) is 0 Å². The molecule has 1 nitrogen and oxygen atoms in total. The van der Waals surface area contributed by atoms with Crippen molar-refractivity contribution in [1.29, 1.82) is 0 Å². The largest absolute Gasteiger partial charge is 0.393 e. The van der Waals surface area contributed by atoms with Crippen LogP contribution in [0, 0.1) is 0 Å². The lowest BCUT2D eigenvalue weighted by atomic mass is 10.2. The molecule has 0 aromatic carbocycles. The Morgan fingerprint density at radius 3 is 2.00 bits per heavy atom. The standard InChI is InChI=1S/C5H11FO/c1-4(6)3-5(2)7/h4-5,7H,3H2,1-2H3/t4-,5-/m0/s1. The van der Waals surface area contributed by atoms with E-state index in [1.807, 2.05) is 0 Å². The van der Waals surface area contributed by atoms with Gasteiger partial charge in [0.2, 0.25) is 0 Å². The second kappa shape index (κ2) is 2.97. The summed E-state index contributed by atoms with van der Waals surface area (Å²) in [5.41, 5.74) is 0. The van der Waals surface area contributed by atoms with Crippen molar-refractivity contribution in [1.82, 2.24) is 0 Å². The molecular formula is C5H11FO. The molecule has 0 heterocycles. The Hall–Kier alpha value is -0.110. The molecule has 7 heavy (non-hydrogen) atoms. The van der Waals surface area contributed by atoms with Crippen LogP contribution in [-0.4, -0.2) is 17.4 Å². The van der Waals surface area contributed by atoms with Crippen molar-refractivity contribution in [2.45, 2.75) is 32.5 Å². The van der Waals surface area contributed by atoms with E-state index in [1.165, 1.54) is 6.92 Å². The number of aliphatic hydroxyl groups excluding tert-OH is 1. The van der Waals surface area contributed by atoms with Gasteiger partial charge in [-0.3, -0.25) is 0 Å². The van der Waals surface area contributed by atoms with Gasteiger partial charge in [0.15, 0.2) is 0 Å². The molecule has 0 aromatic heterocycles. The fourth-order valence-corrected chi connectivity index (χ4v) is 0.470. The Morgan fingerprint density at radius 2 is 2.00 bits per heavy atom. The molecular weight excluding hydrogens is 95.1 g/mol. The number of hydrogen-bond donors (Lipinski definition) is 1. The molecule has 2 atom stereocenters. The van der Waals surface area contributed by atoms with Crippen LogP contribution in [0.2, 0.25) is 0 Å². The van der Waals surface area contributed by atoms with Gasteiger partial charge in [0, 0.05) is 6.42 Å². The van der Waals surface area contributed by atoms with Crippen LogP contribution in [0.1, 0.15) is 20.3 Å². The molecule has 0 saturated heterocycles. The lowest BCUT2D eigenvalue weighted by molar-refractivity contribution is 0.148. The first-order valence-corrected chi connectivity index (χ1v) is 2.45. The molecule has 0 aliphatic carbocycles. The summed E-state index contributed by atoms with van der Waals surface area (Å²) in [6, 6.07) is 0. The van der Waals surface area contributed by atoms with Crippen LogP contribution < -0.4 is 0 Å². The van der Waals surface area contributed by atoms with Gasteiger partial charge in [-0.2, -0.15) is 0 Å². The summed E-state index contributed by atoms with van der Waals surface area (Å²) >= 11 is 0. The van der Waals surface area contributed by atoms with E-state index >= 15 is 0 Å². The van der Waals surface area contributed by atoms with Gasteiger partial charge in [0.05, 0.1) is 12.3 Å². The molecule has 0 aliphatic heterocycles. The summed E-state index contributed by atoms with van der Waals surface area (Å²) < 4.78 is 11.8. The fourth-order valence-electron chi connectivity index (χ4n) is 0.470. The first kappa shape index (κ1) is 6.89. The van der Waals surface area contributed by atoms with Crippen LogP contribution in [-0.2, 0) is 0 Å². The van der Waals surface area contributed by atoms with Gasteiger partial charge in [-0.05, 0) is 13.8 Å². The maximum absolute atomic E-state index is 11.8. The van der Waals surface area contributed by atoms with E-state index in [0.29, 0.717) is 0 Å². The van der Waals surface area contributed by atoms with E-state index in [4.69, 9.17) is 5.11 Å². The van der Waals surface area contributed by atoms with E-state index in [-0.39, 0.29) is 6.42 Å². The van der Waals surface area contributed by atoms with Crippen molar-refractivity contribution in [3.63, 3.8) is 0 Å². The predicted molar refractivity (Wildman–Crippen MR) is 26.9 cm³/mol. The highest BCUT2D eigenvalue weighted by Gasteiger charge is 2.00. The SMILES string of the molecule is C[C@H](O)C[C@H](C)F. The molecule has 0 aromatic rings. The molecule has 2 heteroatoms. The van der Waals surface area contributed by atoms with Crippen molar-refractivity contribution < 1.29 is 9.50 Å². The zero-order valence-electron chi connectivity index (χ0n) is 4.69. The normalized spacial score (nSPS) is 18.9. The highest BCUT2D eigenvalue weighted by atomic mass is 19.1. The third kappa shape index (κ3) is 5.89. The van der Waals surface area contributed by atoms with Gasteiger partial charge in [-0.25, -0.2) is 4.39 Å². The molecule has 0 spiro atoms. The van der Waals surface area contributed by atoms with Crippen LogP contribution in [0.15, 0.2) is 0 Å². The number of alkyl halides is 1. The molecule has 0 rings (SSSR count). The summed E-state index contributed by atoms with van der Waals surface area (Å²) in [6.45, 7) is 3.02. The van der Waals surface area contributed by atoms with Crippen LogP contribution in [0.3, 0.4) is 0 Å². The summed E-state index contributed by atoms with van der Waals surface area (Å²) in [6.07, 6.45) is -1.13. The summed E-state index contributed by atoms with van der Waals surface area (Å²) in [4.78, 5) is 0. The summed E-state index contributed by atoms with van der Waals surface area (Å²) in [7, 11) is 0. The van der Waals surface area contributed by atoms with Gasteiger partial charge in [-0.15, -0.1) is 0 Å². The predicted octanol–water partition coefficient (Wildman–Crippen LogP) is 1.12. The highest BCUT2D eigenvalue weighted by Crippen LogP contribution is 1.98. The molecule has 0 radical (unpaired) electrons. The van der Waals surface area contributed by atoms with Crippen molar-refractivity contribution >= 4 is 0 Å². The molecule has 0 amide bonds. The number of hydrogen-bond acceptors (Lipinski definition) is 1. The minimum absolute atomic E-state index is 0.250. The quantitative estimate of drug-likeness (QED) is 0.559. The second-order valence-corrected chi connectivity index (χ2v) is 1.87. The smallest absolute Gasteiger partial charge is 0.0998 e. The Kier molecular flexibility index (Phi) is 2.92. The maximum Gasteiger partial charge on any atom is 0.0998 e. The minimum atomic E-state index is -0.875. The van der Waals surface area contributed by atoms with Gasteiger partial charge in [0.25, 0.3) is 0 Å². The maximum atomic E-state index is 11.8. The van der Waals surface area contributed by atoms with Crippen LogP contribution >= 0.6 is 0 Å². The zero-order valence-corrected chi connectivity index (χ0v) is 4.69. The molecule has 1 N–H and O–H groups in total. The highest BCUT2D eigenvalue weighted by molar-refractivity contribution is 4.51. The zero-order chi connectivity index (χ0) is 5.86. The van der Waals surface area contributed by atoms with Crippen LogP contribution in [0.4, 0.5) is 4.39 Å². The first-order valence-electron chi connectivity index (χ1n) is 2.45. The van der Waals surface area contributed by atoms with E-state index in [0.717, 1.165) is 0 Å². The number of rotatable bonds is 2. The minimum Gasteiger partial charge on any atom is -0.393 e. The summed E-state index contributed by atoms with van der Waals surface area (Å²) in [5.74, 6) is 0. The monoisotopic (exact) mass is 106 g/mol. The van der Waals surface area contributed by atoms with E-state index in [1.54, 1.807) is 6.92 Å². The third-order valence-corrected chi connectivity index (χ3v) is 0.666. The van der Waals surface area contributed by atoms with Crippen LogP contribution in [0.5, 0.6) is 0 Å². The van der Waals surface area contributed by atoms with Gasteiger partial charge in [0.1, 0.15) is 0 Å². The van der Waals surface area contributed by atoms with E-state index < -0.39 is 12.3 Å². The topological polar surface area (TPSA) is 20.2 Å². The number of halogens is 1. The Balaban J connectivity index is 2.95. The Labute approximate surface area is 43.2 Å². The molecule has 0 unspecified atom stereocenters. The van der Waals surface area contributed by atoms with Gasteiger partial charge >= 0.3 is 0 Å². The molecule has 44 valence electrons. The van der Waals surface area contributed by atoms with Crippen molar-refractivity contribution in [2.75, 3.05) is 0 Å². The van der Waals surface area contributed by atoms with E-state index in [2.05, 4.69) is 0 Å². The Morgan fingerprint density at radius 1 is 1.57 bits per heavy atom. The first-order chi connectivity index (χ1) is 3.13. The molecule has 0 saturated carbocycles. The van der Waals surface area contributed by atoms with Crippen LogP contribution in [0.25, 0.3) is 0 Å². The lowest BCUT2D eigenvalue weighted by Crippen LogP contribution is -2.06. The summed E-state index contributed by atoms with van der Waals surface area (Å²) in [5, 5.41) is 8.48. The van der Waals surface area contributed by atoms with E-state index in [9.17, 15) is 4.39 Å². The van der Waals surface area contributed by atoms with Crippen molar-refractivity contribution in [2.24, 2.45) is 0 Å². The van der Waals surface area contributed by atoms with Gasteiger partial charge < -0.3 is 5.11 Å². The fraction of sp³-hybridized carbons (Fsp3) is 1.00. The number of aliphatic hydroxyl groups is 1. The average molecular weight is 106 g/mol. The third-order valence-electron chi connectivity index (χ3n) is 0.666. The van der Waals surface area contributed by atoms with Crippen molar-refractivity contribution in [3.8, 4) is 0 Å². The molecule has 0 aliphatic rings.